The van der Waals surface area contributed by atoms with E-state index >= 15 is 0 Å². The molecule has 1 N–H and O–H groups in total. The highest BCUT2D eigenvalue weighted by Crippen LogP contribution is 2.15. The summed E-state index contributed by atoms with van der Waals surface area (Å²) in [5.41, 5.74) is 1.19. The summed E-state index contributed by atoms with van der Waals surface area (Å²) in [6.45, 7) is 2.30. The number of aryl methyl sites for hydroxylation is 1. The Kier molecular flexibility index (Phi) is 4.55. The fourth-order valence-electron chi connectivity index (χ4n) is 1.71. The van der Waals surface area contributed by atoms with E-state index in [0.29, 0.717) is 17.7 Å². The average Bonchev–Trinajstić information content (AvgIpc) is 2.83. The van der Waals surface area contributed by atoms with Gasteiger partial charge in [0.15, 0.2) is 0 Å². The van der Waals surface area contributed by atoms with Gasteiger partial charge in [0.25, 0.3) is 0 Å². The number of nitrogens with zero attached hydrogens (tertiary/aromatic N) is 1. The van der Waals surface area contributed by atoms with Crippen LogP contribution in [0.2, 0.25) is 0 Å². The molecule has 0 atom stereocenters. The van der Waals surface area contributed by atoms with E-state index in [4.69, 9.17) is 5.26 Å². The van der Waals surface area contributed by atoms with Crippen LogP contribution in [-0.2, 0) is 22.3 Å². The van der Waals surface area contributed by atoms with Crippen molar-refractivity contribution in [2.75, 3.05) is 0 Å². The quantitative estimate of drug-likeness (QED) is 0.923. The van der Waals surface area contributed by atoms with E-state index in [1.165, 1.54) is 0 Å². The Morgan fingerprint density at radius 1 is 1.20 bits per heavy atom. The van der Waals surface area contributed by atoms with Gasteiger partial charge in [-0.3, -0.25) is 0 Å². The van der Waals surface area contributed by atoms with Crippen molar-refractivity contribution < 1.29 is 8.42 Å². The van der Waals surface area contributed by atoms with Crippen LogP contribution >= 0.6 is 11.3 Å². The molecule has 0 fully saturated rings. The second-order valence-corrected chi connectivity index (χ2v) is 7.58. The first-order valence-electron chi connectivity index (χ1n) is 6.00. The molecular weight excluding hydrogens is 292 g/mol. The smallest absolute Gasteiger partial charge is 0.212 e. The summed E-state index contributed by atoms with van der Waals surface area (Å²) in [7, 11) is -3.37. The van der Waals surface area contributed by atoms with Gasteiger partial charge >= 0.3 is 0 Å². The summed E-state index contributed by atoms with van der Waals surface area (Å²) in [6.07, 6.45) is 0. The Bertz CT molecular complexity index is 725. The number of hydrogen-bond donors (Lipinski definition) is 1. The molecule has 0 aliphatic rings. The fourth-order valence-corrected chi connectivity index (χ4v) is 3.74. The lowest BCUT2D eigenvalue weighted by molar-refractivity contribution is 0.581. The molecule has 0 amide bonds. The van der Waals surface area contributed by atoms with Gasteiger partial charge in [-0.05, 0) is 36.8 Å². The average molecular weight is 306 g/mol. The first-order chi connectivity index (χ1) is 9.48. The number of sulfonamides is 1. The molecule has 0 unspecified atom stereocenters. The monoisotopic (exact) mass is 306 g/mol. The molecule has 104 valence electrons. The Hall–Kier alpha value is -1.68. The number of thiophene rings is 1. The van der Waals surface area contributed by atoms with E-state index < -0.39 is 10.0 Å². The molecule has 6 heteroatoms. The van der Waals surface area contributed by atoms with Gasteiger partial charge in [-0.15, -0.1) is 11.3 Å². The first kappa shape index (κ1) is 14.7. The summed E-state index contributed by atoms with van der Waals surface area (Å²) in [5.74, 6) is -0.0803. The zero-order valence-electron chi connectivity index (χ0n) is 11.0. The molecule has 0 saturated carbocycles. The normalized spacial score (nSPS) is 11.2. The number of nitrogens with one attached hydrogen (secondary N) is 1. The number of nitriles is 1. The summed E-state index contributed by atoms with van der Waals surface area (Å²) >= 11 is 1.58. The second-order valence-electron chi connectivity index (χ2n) is 4.40. The zero-order chi connectivity index (χ0) is 14.6. The molecule has 2 aromatic rings. The highest BCUT2D eigenvalue weighted by molar-refractivity contribution is 7.88. The molecule has 0 radical (unpaired) electrons. The Morgan fingerprint density at radius 2 is 1.90 bits per heavy atom. The predicted molar refractivity (Wildman–Crippen MR) is 79.7 cm³/mol. The molecule has 1 heterocycles. The molecule has 1 aromatic carbocycles. The molecular formula is C14H14N2O2S2. The summed E-state index contributed by atoms with van der Waals surface area (Å²) < 4.78 is 26.5. The Labute approximate surface area is 122 Å². The highest BCUT2D eigenvalue weighted by Gasteiger charge is 2.11. The van der Waals surface area contributed by atoms with Gasteiger partial charge in [-0.2, -0.15) is 5.26 Å². The van der Waals surface area contributed by atoms with E-state index in [-0.39, 0.29) is 5.75 Å². The van der Waals surface area contributed by atoms with Crippen molar-refractivity contribution in [2.45, 2.75) is 19.2 Å². The largest absolute Gasteiger partial charge is 0.216 e. The molecule has 2 rings (SSSR count). The zero-order valence-corrected chi connectivity index (χ0v) is 12.6. The fraction of sp³-hybridized carbons (Fsp3) is 0.214. The van der Waals surface area contributed by atoms with E-state index in [1.807, 2.05) is 25.1 Å². The van der Waals surface area contributed by atoms with Crippen LogP contribution in [0.3, 0.4) is 0 Å². The van der Waals surface area contributed by atoms with Crippen molar-refractivity contribution in [3.05, 3.63) is 57.3 Å². The van der Waals surface area contributed by atoms with Crippen LogP contribution in [0.15, 0.2) is 36.4 Å². The van der Waals surface area contributed by atoms with E-state index in [2.05, 4.69) is 4.72 Å². The van der Waals surface area contributed by atoms with Crippen LogP contribution in [0.4, 0.5) is 0 Å². The van der Waals surface area contributed by atoms with Gasteiger partial charge in [0.1, 0.15) is 0 Å². The van der Waals surface area contributed by atoms with Crippen molar-refractivity contribution in [3.8, 4) is 6.07 Å². The lowest BCUT2D eigenvalue weighted by Gasteiger charge is -2.05. The van der Waals surface area contributed by atoms with Crippen LogP contribution in [0.25, 0.3) is 0 Å². The topological polar surface area (TPSA) is 70.0 Å². The highest BCUT2D eigenvalue weighted by atomic mass is 32.2. The van der Waals surface area contributed by atoms with Gasteiger partial charge in [-0.25, -0.2) is 13.1 Å². The van der Waals surface area contributed by atoms with Crippen molar-refractivity contribution in [3.63, 3.8) is 0 Å². The lowest BCUT2D eigenvalue weighted by atomic mass is 10.2. The Morgan fingerprint density at radius 3 is 2.45 bits per heavy atom. The maximum absolute atomic E-state index is 12.0. The minimum atomic E-state index is -3.37. The molecule has 1 aromatic heterocycles. The predicted octanol–water partition coefficient (Wildman–Crippen LogP) is 2.55. The van der Waals surface area contributed by atoms with Gasteiger partial charge in [0.2, 0.25) is 10.0 Å². The van der Waals surface area contributed by atoms with Crippen LogP contribution in [0, 0.1) is 18.3 Å². The third-order valence-corrected chi connectivity index (χ3v) is 5.00. The molecule has 4 nitrogen and oxygen atoms in total. The van der Waals surface area contributed by atoms with Crippen LogP contribution < -0.4 is 4.72 Å². The standard InChI is InChI=1S/C14H14N2O2S2/c1-11-2-7-14(19-11)9-16-20(17,18)10-13-5-3-12(8-15)4-6-13/h2-7,16H,9-10H2,1H3. The maximum Gasteiger partial charge on any atom is 0.216 e. The summed E-state index contributed by atoms with van der Waals surface area (Å²) in [6, 6.07) is 12.4. The van der Waals surface area contributed by atoms with Crippen molar-refractivity contribution >= 4 is 21.4 Å². The second kappa shape index (κ2) is 6.18. The van der Waals surface area contributed by atoms with Gasteiger partial charge in [0.05, 0.1) is 17.4 Å². The molecule has 0 spiro atoms. The minimum absolute atomic E-state index is 0.0803. The molecule has 0 bridgehead atoms. The molecule has 0 aliphatic heterocycles. The summed E-state index contributed by atoms with van der Waals surface area (Å²) in [4.78, 5) is 2.15. The minimum Gasteiger partial charge on any atom is -0.212 e. The maximum atomic E-state index is 12.0. The molecule has 20 heavy (non-hydrogen) atoms. The first-order valence-corrected chi connectivity index (χ1v) is 8.47. The third-order valence-electron chi connectivity index (χ3n) is 2.70. The van der Waals surface area contributed by atoms with E-state index in [0.717, 1.165) is 9.75 Å². The number of rotatable bonds is 5. The molecule has 0 aliphatic carbocycles. The van der Waals surface area contributed by atoms with Gasteiger partial charge in [-0.1, -0.05) is 12.1 Å². The van der Waals surface area contributed by atoms with Crippen LogP contribution in [0.1, 0.15) is 20.9 Å². The van der Waals surface area contributed by atoms with E-state index in [9.17, 15) is 8.42 Å². The van der Waals surface area contributed by atoms with Gasteiger partial charge in [0, 0.05) is 16.3 Å². The van der Waals surface area contributed by atoms with Crippen LogP contribution in [-0.4, -0.2) is 8.42 Å². The lowest BCUT2D eigenvalue weighted by Crippen LogP contribution is -2.24. The Balaban J connectivity index is 1.98. The van der Waals surface area contributed by atoms with Gasteiger partial charge < -0.3 is 0 Å². The van der Waals surface area contributed by atoms with Crippen molar-refractivity contribution in [1.29, 1.82) is 5.26 Å². The molecule has 0 saturated heterocycles. The van der Waals surface area contributed by atoms with Crippen molar-refractivity contribution in [2.24, 2.45) is 0 Å². The van der Waals surface area contributed by atoms with Crippen molar-refractivity contribution in [1.82, 2.24) is 4.72 Å². The number of hydrogen-bond acceptors (Lipinski definition) is 4. The summed E-state index contributed by atoms with van der Waals surface area (Å²) in [5, 5.41) is 8.69. The third kappa shape index (κ3) is 4.17. The van der Waals surface area contributed by atoms with E-state index in [1.54, 1.807) is 35.6 Å². The SMILES string of the molecule is Cc1ccc(CNS(=O)(=O)Cc2ccc(C#N)cc2)s1. The number of benzene rings is 1. The van der Waals surface area contributed by atoms with Crippen LogP contribution in [0.5, 0.6) is 0 Å².